The van der Waals surface area contributed by atoms with Gasteiger partial charge in [-0.3, -0.25) is 4.79 Å². The smallest absolute Gasteiger partial charge is 0.168 e. The molecule has 0 spiro atoms. The number of hydrogen-bond acceptors (Lipinski definition) is 3. The van der Waals surface area contributed by atoms with E-state index >= 15 is 0 Å². The summed E-state index contributed by atoms with van der Waals surface area (Å²) in [6.07, 6.45) is 0.529. The van der Waals surface area contributed by atoms with Crippen LogP contribution in [-0.4, -0.2) is 16.5 Å². The molecule has 1 aromatic carbocycles. The molecule has 3 nitrogen and oxygen atoms in total. The maximum absolute atomic E-state index is 10.5. The van der Waals surface area contributed by atoms with Gasteiger partial charge in [0.05, 0.1) is 5.56 Å². The summed E-state index contributed by atoms with van der Waals surface area (Å²) in [6, 6.07) is 3.04. The van der Waals surface area contributed by atoms with Crippen molar-refractivity contribution in [3.8, 4) is 11.5 Å². The number of aromatic hydroxyl groups is 2. The molecule has 1 rings (SSSR count). The van der Waals surface area contributed by atoms with E-state index in [-0.39, 0.29) is 23.0 Å². The molecule has 1 aromatic rings. The van der Waals surface area contributed by atoms with Crippen LogP contribution in [0.3, 0.4) is 0 Å². The van der Waals surface area contributed by atoms with Crippen LogP contribution in [-0.2, 0) is 0 Å². The standard InChI is InChI=1S/C10H12O3/c1-6(2)7-3-8(5-11)10(13)9(12)4-7/h3-6,12-13H,1-2H3. The van der Waals surface area contributed by atoms with Gasteiger partial charge in [0.25, 0.3) is 0 Å². The van der Waals surface area contributed by atoms with E-state index < -0.39 is 0 Å². The van der Waals surface area contributed by atoms with Crippen LogP contribution in [0, 0.1) is 0 Å². The molecule has 0 unspecified atom stereocenters. The van der Waals surface area contributed by atoms with Crippen molar-refractivity contribution >= 4 is 6.29 Å². The molecular weight excluding hydrogens is 168 g/mol. The van der Waals surface area contributed by atoms with Gasteiger partial charge in [-0.25, -0.2) is 0 Å². The largest absolute Gasteiger partial charge is 0.504 e. The van der Waals surface area contributed by atoms with Gasteiger partial charge in [-0.05, 0) is 23.6 Å². The molecule has 13 heavy (non-hydrogen) atoms. The summed E-state index contributed by atoms with van der Waals surface area (Å²) >= 11 is 0. The van der Waals surface area contributed by atoms with Gasteiger partial charge < -0.3 is 10.2 Å². The molecule has 0 heterocycles. The number of benzene rings is 1. The summed E-state index contributed by atoms with van der Waals surface area (Å²) in [5, 5.41) is 18.5. The highest BCUT2D eigenvalue weighted by molar-refractivity contribution is 5.81. The average Bonchev–Trinajstić information content (AvgIpc) is 2.09. The molecule has 2 N–H and O–H groups in total. The molecule has 0 amide bonds. The van der Waals surface area contributed by atoms with Crippen LogP contribution in [0.15, 0.2) is 12.1 Å². The highest BCUT2D eigenvalue weighted by Gasteiger charge is 2.09. The molecule has 0 saturated heterocycles. The Morgan fingerprint density at radius 1 is 1.31 bits per heavy atom. The Kier molecular flexibility index (Phi) is 2.56. The minimum Gasteiger partial charge on any atom is -0.504 e. The van der Waals surface area contributed by atoms with Crippen LogP contribution in [0.4, 0.5) is 0 Å². The van der Waals surface area contributed by atoms with E-state index in [9.17, 15) is 15.0 Å². The lowest BCUT2D eigenvalue weighted by Crippen LogP contribution is -1.90. The topological polar surface area (TPSA) is 57.5 Å². The Hall–Kier alpha value is -1.51. The van der Waals surface area contributed by atoms with E-state index in [4.69, 9.17) is 0 Å². The van der Waals surface area contributed by atoms with Crippen LogP contribution in [0.5, 0.6) is 11.5 Å². The zero-order valence-corrected chi connectivity index (χ0v) is 7.61. The van der Waals surface area contributed by atoms with Crippen molar-refractivity contribution in [2.75, 3.05) is 0 Å². The Labute approximate surface area is 76.6 Å². The van der Waals surface area contributed by atoms with E-state index in [1.165, 1.54) is 6.07 Å². The normalized spacial score (nSPS) is 10.4. The Bertz CT molecular complexity index is 329. The third-order valence-corrected chi connectivity index (χ3v) is 1.94. The second-order valence-corrected chi connectivity index (χ2v) is 3.25. The highest BCUT2D eigenvalue weighted by Crippen LogP contribution is 2.31. The summed E-state index contributed by atoms with van der Waals surface area (Å²) < 4.78 is 0. The maximum atomic E-state index is 10.5. The lowest BCUT2D eigenvalue weighted by molar-refractivity contribution is 0.112. The van der Waals surface area contributed by atoms with Crippen LogP contribution < -0.4 is 0 Å². The molecule has 0 aromatic heterocycles. The summed E-state index contributed by atoms with van der Waals surface area (Å²) in [5.41, 5.74) is 0.959. The van der Waals surface area contributed by atoms with E-state index in [1.807, 2.05) is 13.8 Å². The number of hydrogen-bond donors (Lipinski definition) is 2. The first-order valence-corrected chi connectivity index (χ1v) is 4.07. The Balaban J connectivity index is 3.30. The summed E-state index contributed by atoms with van der Waals surface area (Å²) in [5.74, 6) is -0.377. The second kappa shape index (κ2) is 3.47. The van der Waals surface area contributed by atoms with Gasteiger partial charge in [0.15, 0.2) is 17.8 Å². The number of carbonyl (C=O) groups is 1. The minimum atomic E-state index is -0.348. The van der Waals surface area contributed by atoms with Crippen molar-refractivity contribution < 1.29 is 15.0 Å². The van der Waals surface area contributed by atoms with Crippen LogP contribution >= 0.6 is 0 Å². The molecule has 0 aliphatic rings. The van der Waals surface area contributed by atoms with E-state index in [0.717, 1.165) is 5.56 Å². The monoisotopic (exact) mass is 180 g/mol. The fraction of sp³-hybridized carbons (Fsp3) is 0.300. The SMILES string of the molecule is CC(C)c1cc(O)c(O)c(C=O)c1. The molecule has 0 aliphatic carbocycles. The van der Waals surface area contributed by atoms with Gasteiger partial charge in [0.2, 0.25) is 0 Å². The zero-order valence-electron chi connectivity index (χ0n) is 7.61. The molecular formula is C10H12O3. The number of rotatable bonds is 2. The summed E-state index contributed by atoms with van der Waals surface area (Å²) in [7, 11) is 0. The first-order valence-electron chi connectivity index (χ1n) is 4.07. The Morgan fingerprint density at radius 2 is 1.92 bits per heavy atom. The first-order chi connectivity index (χ1) is 6.06. The van der Waals surface area contributed by atoms with Crippen molar-refractivity contribution in [1.29, 1.82) is 0 Å². The maximum Gasteiger partial charge on any atom is 0.168 e. The van der Waals surface area contributed by atoms with E-state index in [0.29, 0.717) is 6.29 Å². The predicted molar refractivity (Wildman–Crippen MR) is 49.2 cm³/mol. The molecule has 3 heteroatoms. The van der Waals surface area contributed by atoms with Crippen molar-refractivity contribution in [2.24, 2.45) is 0 Å². The fourth-order valence-corrected chi connectivity index (χ4v) is 1.09. The first kappa shape index (κ1) is 9.58. The zero-order chi connectivity index (χ0) is 10.0. The second-order valence-electron chi connectivity index (χ2n) is 3.25. The van der Waals surface area contributed by atoms with Gasteiger partial charge >= 0.3 is 0 Å². The van der Waals surface area contributed by atoms with Gasteiger partial charge in [0.1, 0.15) is 0 Å². The van der Waals surface area contributed by atoms with Crippen molar-refractivity contribution in [3.05, 3.63) is 23.3 Å². The van der Waals surface area contributed by atoms with Crippen LogP contribution in [0.25, 0.3) is 0 Å². The molecule has 0 atom stereocenters. The third kappa shape index (κ3) is 1.80. The van der Waals surface area contributed by atoms with Crippen molar-refractivity contribution in [2.45, 2.75) is 19.8 Å². The molecule has 0 radical (unpaired) electrons. The van der Waals surface area contributed by atoms with Gasteiger partial charge in [-0.1, -0.05) is 13.8 Å². The quantitative estimate of drug-likeness (QED) is 0.540. The van der Waals surface area contributed by atoms with Crippen molar-refractivity contribution in [3.63, 3.8) is 0 Å². The van der Waals surface area contributed by atoms with Gasteiger partial charge in [-0.15, -0.1) is 0 Å². The van der Waals surface area contributed by atoms with E-state index in [1.54, 1.807) is 6.07 Å². The lowest BCUT2D eigenvalue weighted by atomic mass is 10.00. The summed E-state index contributed by atoms with van der Waals surface area (Å²) in [6.45, 7) is 3.89. The lowest BCUT2D eigenvalue weighted by Gasteiger charge is -2.08. The third-order valence-electron chi connectivity index (χ3n) is 1.94. The van der Waals surface area contributed by atoms with Crippen LogP contribution in [0.1, 0.15) is 35.7 Å². The average molecular weight is 180 g/mol. The van der Waals surface area contributed by atoms with Crippen LogP contribution in [0.2, 0.25) is 0 Å². The highest BCUT2D eigenvalue weighted by atomic mass is 16.3. The van der Waals surface area contributed by atoms with Gasteiger partial charge in [0, 0.05) is 0 Å². The fourth-order valence-electron chi connectivity index (χ4n) is 1.09. The predicted octanol–water partition coefficient (Wildman–Crippen LogP) is 2.03. The molecule has 0 saturated carbocycles. The number of aldehydes is 1. The van der Waals surface area contributed by atoms with E-state index in [2.05, 4.69) is 0 Å². The number of phenolic OH excluding ortho intramolecular Hbond substituents is 2. The molecule has 70 valence electrons. The molecule has 0 aliphatic heterocycles. The molecule has 0 fully saturated rings. The Morgan fingerprint density at radius 3 is 2.38 bits per heavy atom. The van der Waals surface area contributed by atoms with Crippen molar-refractivity contribution in [1.82, 2.24) is 0 Å². The van der Waals surface area contributed by atoms with Gasteiger partial charge in [-0.2, -0.15) is 0 Å². The number of phenols is 2. The summed E-state index contributed by atoms with van der Waals surface area (Å²) in [4.78, 5) is 10.5. The molecule has 0 bridgehead atoms. The number of carbonyl (C=O) groups excluding carboxylic acids is 1. The minimum absolute atomic E-state index is 0.128.